The zero-order chi connectivity index (χ0) is 35.2. The molecule has 0 aliphatic carbocycles. The fourth-order valence-corrected chi connectivity index (χ4v) is 7.27. The molecule has 5 nitrogen and oxygen atoms in total. The Kier molecular flexibility index (Phi) is 7.59. The fourth-order valence-electron chi connectivity index (χ4n) is 7.27. The van der Waals surface area contributed by atoms with Crippen LogP contribution in [0.1, 0.15) is 11.1 Å². The van der Waals surface area contributed by atoms with E-state index in [-0.39, 0.29) is 0 Å². The normalized spacial score (nSPS) is 11.9. The van der Waals surface area contributed by atoms with E-state index in [4.69, 9.17) is 13.9 Å². The molecular formula is C47H34N2O3. The first-order valence-electron chi connectivity index (χ1n) is 17.3. The SMILES string of the molecule is C=C(/C=C\C=C/O)c1cccc(N(c2ccccc2C)c2cc3oc4cc(Nc5cccc6c5oc5ccccc56)ccc4c3c3ccccc23)c1. The van der Waals surface area contributed by atoms with E-state index >= 15 is 0 Å². The average molecular weight is 675 g/mol. The summed E-state index contributed by atoms with van der Waals surface area (Å²) in [6.45, 7) is 6.42. The number of allylic oxidation sites excluding steroid dienone is 4. The number of hydrogen-bond donors (Lipinski definition) is 2. The maximum absolute atomic E-state index is 9.10. The second kappa shape index (κ2) is 12.7. The highest BCUT2D eigenvalue weighted by Gasteiger charge is 2.22. The molecule has 0 amide bonds. The van der Waals surface area contributed by atoms with E-state index in [0.29, 0.717) is 0 Å². The highest BCUT2D eigenvalue weighted by molar-refractivity contribution is 6.23. The zero-order valence-corrected chi connectivity index (χ0v) is 28.5. The van der Waals surface area contributed by atoms with Gasteiger partial charge in [0, 0.05) is 56.1 Å². The Labute approximate surface area is 300 Å². The predicted molar refractivity (Wildman–Crippen MR) is 218 cm³/mol. The van der Waals surface area contributed by atoms with Gasteiger partial charge in [0.2, 0.25) is 0 Å². The van der Waals surface area contributed by atoms with Gasteiger partial charge in [-0.2, -0.15) is 0 Å². The minimum Gasteiger partial charge on any atom is -0.516 e. The fraction of sp³-hybridized carbons (Fsp3) is 0.0213. The monoisotopic (exact) mass is 674 g/mol. The van der Waals surface area contributed by atoms with Gasteiger partial charge in [-0.3, -0.25) is 0 Å². The van der Waals surface area contributed by atoms with Crippen molar-refractivity contribution in [2.24, 2.45) is 0 Å². The van der Waals surface area contributed by atoms with Crippen molar-refractivity contribution in [3.05, 3.63) is 182 Å². The summed E-state index contributed by atoms with van der Waals surface area (Å²) in [5.74, 6) is 0. The van der Waals surface area contributed by atoms with Gasteiger partial charge in [0.25, 0.3) is 0 Å². The van der Waals surface area contributed by atoms with Crippen LogP contribution in [0.2, 0.25) is 0 Å². The summed E-state index contributed by atoms with van der Waals surface area (Å²) in [7, 11) is 0. The Hall–Kier alpha value is -6.98. The molecule has 250 valence electrons. The van der Waals surface area contributed by atoms with E-state index in [2.05, 4.69) is 139 Å². The highest BCUT2D eigenvalue weighted by Crippen LogP contribution is 2.46. The molecule has 0 atom stereocenters. The standard InChI is InChI=1S/C47H34N2O3/c1-30(13-9-10-26-50)32-15-11-16-34(27-32)49(41-22-7-3-14-31(41)2)42-29-45-46(37-19-5-4-17-35(37)42)39-25-24-33(28-44(39)51-45)48-40-21-12-20-38-36-18-6-8-23-43(36)52-47(38)40/h3-29,48,50H,1H2,2H3/b13-9-,26-10-. The van der Waals surface area contributed by atoms with Gasteiger partial charge in [-0.15, -0.1) is 0 Å². The van der Waals surface area contributed by atoms with Crippen molar-refractivity contribution in [2.45, 2.75) is 6.92 Å². The largest absolute Gasteiger partial charge is 0.516 e. The number of aryl methyl sites for hydroxylation is 1. The van der Waals surface area contributed by atoms with E-state index in [1.54, 1.807) is 12.2 Å². The summed E-state index contributed by atoms with van der Waals surface area (Å²) >= 11 is 0. The molecule has 0 aliphatic rings. The smallest absolute Gasteiger partial charge is 0.158 e. The molecule has 9 rings (SSSR count). The van der Waals surface area contributed by atoms with Crippen LogP contribution in [0, 0.1) is 6.92 Å². The molecule has 0 unspecified atom stereocenters. The lowest BCUT2D eigenvalue weighted by Crippen LogP contribution is -2.12. The molecule has 9 aromatic rings. The van der Waals surface area contributed by atoms with Crippen LogP contribution in [0.4, 0.5) is 28.4 Å². The third-order valence-corrected chi connectivity index (χ3v) is 9.71. The first-order chi connectivity index (χ1) is 25.6. The zero-order valence-electron chi connectivity index (χ0n) is 28.5. The lowest BCUT2D eigenvalue weighted by atomic mass is 9.99. The van der Waals surface area contributed by atoms with Gasteiger partial charge in [-0.05, 0) is 77.6 Å². The molecule has 0 radical (unpaired) electrons. The lowest BCUT2D eigenvalue weighted by molar-refractivity contribution is 0.474. The highest BCUT2D eigenvalue weighted by atomic mass is 16.3. The number of fused-ring (bicyclic) bond motifs is 8. The molecule has 0 spiro atoms. The first kappa shape index (κ1) is 31.0. The van der Waals surface area contributed by atoms with E-state index in [0.717, 1.165) is 106 Å². The van der Waals surface area contributed by atoms with Crippen molar-refractivity contribution < 1.29 is 13.9 Å². The van der Waals surface area contributed by atoms with Crippen LogP contribution in [0.15, 0.2) is 179 Å². The summed E-state index contributed by atoms with van der Waals surface area (Å²) in [4.78, 5) is 2.30. The molecule has 0 bridgehead atoms. The molecule has 0 saturated carbocycles. The number of hydrogen-bond acceptors (Lipinski definition) is 5. The third kappa shape index (κ3) is 5.27. The predicted octanol–water partition coefficient (Wildman–Crippen LogP) is 13.8. The van der Waals surface area contributed by atoms with Crippen molar-refractivity contribution in [3.8, 4) is 0 Å². The summed E-state index contributed by atoms with van der Waals surface area (Å²) in [6.07, 6.45) is 6.25. The van der Waals surface area contributed by atoms with Gasteiger partial charge in [0.05, 0.1) is 17.6 Å². The van der Waals surface area contributed by atoms with E-state index < -0.39 is 0 Å². The molecule has 2 aromatic heterocycles. The molecule has 2 heterocycles. The maximum atomic E-state index is 9.10. The van der Waals surface area contributed by atoms with Gasteiger partial charge in [0.15, 0.2) is 5.58 Å². The van der Waals surface area contributed by atoms with E-state index in [9.17, 15) is 0 Å². The third-order valence-electron chi connectivity index (χ3n) is 9.71. The lowest BCUT2D eigenvalue weighted by Gasteiger charge is -2.28. The van der Waals surface area contributed by atoms with Crippen LogP contribution in [-0.4, -0.2) is 5.11 Å². The number of nitrogens with zero attached hydrogens (tertiary/aromatic N) is 1. The van der Waals surface area contributed by atoms with Gasteiger partial charge >= 0.3 is 0 Å². The Morgan fingerprint density at radius 3 is 2.27 bits per heavy atom. The second-order valence-electron chi connectivity index (χ2n) is 12.9. The van der Waals surface area contributed by atoms with Gasteiger partial charge in [0.1, 0.15) is 16.7 Å². The van der Waals surface area contributed by atoms with Gasteiger partial charge in [-0.1, -0.05) is 104 Å². The Morgan fingerprint density at radius 1 is 0.635 bits per heavy atom. The molecule has 5 heteroatoms. The summed E-state index contributed by atoms with van der Waals surface area (Å²) in [6, 6.07) is 48.1. The molecule has 0 fully saturated rings. The quantitative estimate of drug-likeness (QED) is 0.124. The van der Waals surface area contributed by atoms with Crippen LogP contribution in [0.3, 0.4) is 0 Å². The number of para-hydroxylation sites is 3. The van der Waals surface area contributed by atoms with Crippen molar-refractivity contribution >= 4 is 88.7 Å². The molecule has 0 aliphatic heterocycles. The minimum absolute atomic E-state index is 0.795. The summed E-state index contributed by atoms with van der Waals surface area (Å²) in [5.41, 5.74) is 11.1. The minimum atomic E-state index is 0.795. The van der Waals surface area contributed by atoms with Crippen molar-refractivity contribution in [2.75, 3.05) is 10.2 Å². The maximum Gasteiger partial charge on any atom is 0.158 e. The van der Waals surface area contributed by atoms with E-state index in [1.165, 1.54) is 0 Å². The topological polar surface area (TPSA) is 61.8 Å². The molecule has 2 N–H and O–H groups in total. The Morgan fingerprint density at radius 2 is 1.40 bits per heavy atom. The number of furan rings is 2. The average Bonchev–Trinajstić information content (AvgIpc) is 3.75. The number of nitrogens with one attached hydrogen (secondary N) is 1. The van der Waals surface area contributed by atoms with Crippen molar-refractivity contribution in [1.82, 2.24) is 0 Å². The Bertz CT molecular complexity index is 2890. The molecular weight excluding hydrogens is 641 g/mol. The number of aliphatic hydroxyl groups excluding tert-OH is 1. The van der Waals surface area contributed by atoms with Crippen LogP contribution < -0.4 is 10.2 Å². The number of anilines is 5. The van der Waals surface area contributed by atoms with Crippen molar-refractivity contribution in [1.29, 1.82) is 0 Å². The first-order valence-corrected chi connectivity index (χ1v) is 17.3. The van der Waals surface area contributed by atoms with Gasteiger partial charge < -0.3 is 24.2 Å². The second-order valence-corrected chi connectivity index (χ2v) is 12.9. The van der Waals surface area contributed by atoms with Crippen LogP contribution in [0.5, 0.6) is 0 Å². The summed E-state index contributed by atoms with van der Waals surface area (Å²) in [5, 5.41) is 19.2. The number of benzene rings is 7. The number of aliphatic hydroxyl groups is 1. The number of rotatable bonds is 8. The van der Waals surface area contributed by atoms with Gasteiger partial charge in [-0.25, -0.2) is 0 Å². The summed E-state index contributed by atoms with van der Waals surface area (Å²) < 4.78 is 13.0. The van der Waals surface area contributed by atoms with Crippen LogP contribution in [0.25, 0.3) is 60.2 Å². The van der Waals surface area contributed by atoms with Crippen molar-refractivity contribution in [3.63, 3.8) is 0 Å². The van der Waals surface area contributed by atoms with Crippen LogP contribution >= 0.6 is 0 Å². The van der Waals surface area contributed by atoms with Crippen LogP contribution in [-0.2, 0) is 0 Å². The van der Waals surface area contributed by atoms with E-state index in [1.807, 2.05) is 30.3 Å². The molecule has 7 aromatic carbocycles. The molecule has 52 heavy (non-hydrogen) atoms. The Balaban J connectivity index is 1.20. The molecule has 0 saturated heterocycles.